The molecule has 0 amide bonds. The second kappa shape index (κ2) is 5.48. The minimum absolute atomic E-state index is 0.106. The molecule has 0 fully saturated rings. The monoisotopic (exact) mass is 404 g/mol. The van der Waals surface area contributed by atoms with Gasteiger partial charge in [-0.3, -0.25) is 0 Å². The van der Waals surface area contributed by atoms with E-state index in [1.54, 1.807) is 0 Å². The zero-order valence-electron chi connectivity index (χ0n) is 9.25. The summed E-state index contributed by atoms with van der Waals surface area (Å²) in [6, 6.07) is 12.8. The van der Waals surface area contributed by atoms with E-state index < -0.39 is 0 Å². The van der Waals surface area contributed by atoms with Gasteiger partial charge >= 0.3 is 0 Å². The molecule has 0 spiro atoms. The van der Waals surface area contributed by atoms with Gasteiger partial charge in [0.05, 0.1) is 4.83 Å². The molecule has 0 aliphatic carbocycles. The van der Waals surface area contributed by atoms with E-state index in [4.69, 9.17) is 0 Å². The summed E-state index contributed by atoms with van der Waals surface area (Å²) in [5, 5.41) is 0. The first kappa shape index (κ1) is 13.0. The zero-order chi connectivity index (χ0) is 12.4. The average Bonchev–Trinajstić information content (AvgIpc) is 2.33. The molecule has 0 aliphatic rings. The first-order chi connectivity index (χ1) is 8.09. The first-order valence-electron chi connectivity index (χ1n) is 5.24. The zero-order valence-corrected chi connectivity index (χ0v) is 13.0. The molecule has 1 unspecified atom stereocenters. The van der Waals surface area contributed by atoms with Crippen LogP contribution in [0.4, 0.5) is 4.39 Å². The molecule has 0 aromatic heterocycles. The van der Waals surface area contributed by atoms with Crippen LogP contribution in [0.25, 0.3) is 0 Å². The summed E-state index contributed by atoms with van der Waals surface area (Å²) < 4.78 is 14.1. The summed E-state index contributed by atoms with van der Waals surface area (Å²) in [6.07, 6.45) is 0. The number of hydrogen-bond acceptors (Lipinski definition) is 0. The lowest BCUT2D eigenvalue weighted by atomic mass is 10.0. The molecule has 0 aliphatic heterocycles. The topological polar surface area (TPSA) is 0 Å². The molecule has 0 saturated carbocycles. The average molecular weight is 405 g/mol. The number of halogens is 3. The first-order valence-corrected chi connectivity index (χ1v) is 7.23. The predicted octanol–water partition coefficient (Wildman–Crippen LogP) is 5.22. The van der Waals surface area contributed by atoms with Gasteiger partial charge in [0.15, 0.2) is 0 Å². The van der Waals surface area contributed by atoms with Gasteiger partial charge in [0.1, 0.15) is 5.82 Å². The predicted molar refractivity (Wildman–Crippen MR) is 81.1 cm³/mol. The van der Waals surface area contributed by atoms with Gasteiger partial charge < -0.3 is 0 Å². The van der Waals surface area contributed by atoms with Crippen molar-refractivity contribution in [2.24, 2.45) is 0 Å². The summed E-state index contributed by atoms with van der Waals surface area (Å²) in [7, 11) is 0. The maximum absolute atomic E-state index is 12.9. The molecule has 0 nitrogen and oxygen atoms in total. The van der Waals surface area contributed by atoms with Crippen molar-refractivity contribution in [3.8, 4) is 0 Å². The molecule has 0 bridgehead atoms. The second-order valence-electron chi connectivity index (χ2n) is 3.89. The molecule has 0 heterocycles. The van der Waals surface area contributed by atoms with Crippen LogP contribution in [0.15, 0.2) is 42.5 Å². The van der Waals surface area contributed by atoms with Crippen LogP contribution in [0.1, 0.15) is 21.5 Å². The molecule has 0 saturated heterocycles. The normalized spacial score (nSPS) is 12.5. The number of alkyl halides is 1. The Hall–Kier alpha value is -0.420. The van der Waals surface area contributed by atoms with Gasteiger partial charge in [-0.25, -0.2) is 4.39 Å². The van der Waals surface area contributed by atoms with Crippen LogP contribution in [0.3, 0.4) is 0 Å². The Bertz CT molecular complexity index is 522. The van der Waals surface area contributed by atoms with E-state index in [1.165, 1.54) is 26.8 Å². The van der Waals surface area contributed by atoms with Crippen LogP contribution in [0.5, 0.6) is 0 Å². The van der Waals surface area contributed by atoms with Crippen molar-refractivity contribution in [3.05, 3.63) is 68.5 Å². The lowest BCUT2D eigenvalue weighted by molar-refractivity contribution is 0.627. The van der Waals surface area contributed by atoms with Crippen molar-refractivity contribution in [1.29, 1.82) is 0 Å². The maximum atomic E-state index is 12.9. The largest absolute Gasteiger partial charge is 0.207 e. The van der Waals surface area contributed by atoms with Crippen molar-refractivity contribution in [3.63, 3.8) is 0 Å². The fourth-order valence-electron chi connectivity index (χ4n) is 1.68. The highest BCUT2D eigenvalue weighted by atomic mass is 127. The van der Waals surface area contributed by atoms with Crippen molar-refractivity contribution in [2.45, 2.75) is 11.8 Å². The Labute approximate surface area is 123 Å². The lowest BCUT2D eigenvalue weighted by Crippen LogP contribution is -1.97. The molecule has 3 heteroatoms. The Morgan fingerprint density at radius 3 is 2.41 bits per heavy atom. The van der Waals surface area contributed by atoms with Crippen molar-refractivity contribution in [2.75, 3.05) is 0 Å². The van der Waals surface area contributed by atoms with Gasteiger partial charge in [0.2, 0.25) is 0 Å². The SMILES string of the molecule is Cc1cccc(C(Br)c2ccc(F)cc2)c1I. The molecule has 88 valence electrons. The number of benzene rings is 2. The molecule has 0 radical (unpaired) electrons. The molecule has 0 N–H and O–H groups in total. The molecular weight excluding hydrogens is 394 g/mol. The molecule has 2 rings (SSSR count). The van der Waals surface area contributed by atoms with Crippen LogP contribution >= 0.6 is 38.5 Å². The third kappa shape index (κ3) is 2.88. The summed E-state index contributed by atoms with van der Waals surface area (Å²) in [6.45, 7) is 2.09. The molecule has 17 heavy (non-hydrogen) atoms. The summed E-state index contributed by atoms with van der Waals surface area (Å²) >= 11 is 6.03. The molecule has 1 atom stereocenters. The number of hydrogen-bond donors (Lipinski definition) is 0. The van der Waals surface area contributed by atoms with Gasteiger partial charge in [-0.15, -0.1) is 0 Å². The molecule has 2 aromatic carbocycles. The van der Waals surface area contributed by atoms with Crippen LogP contribution in [0.2, 0.25) is 0 Å². The highest BCUT2D eigenvalue weighted by Crippen LogP contribution is 2.34. The molecular formula is C14H11BrFI. The standard InChI is InChI=1S/C14H11BrFI/c1-9-3-2-4-12(14(9)17)13(15)10-5-7-11(16)8-6-10/h2-8,13H,1H3. The van der Waals surface area contributed by atoms with Crippen LogP contribution in [0, 0.1) is 16.3 Å². The summed E-state index contributed by atoms with van der Waals surface area (Å²) in [5.74, 6) is -0.201. The van der Waals surface area contributed by atoms with Gasteiger partial charge in [0.25, 0.3) is 0 Å². The Morgan fingerprint density at radius 2 is 1.76 bits per heavy atom. The fraction of sp³-hybridized carbons (Fsp3) is 0.143. The van der Waals surface area contributed by atoms with Crippen LogP contribution in [-0.2, 0) is 0 Å². The highest BCUT2D eigenvalue weighted by molar-refractivity contribution is 14.1. The van der Waals surface area contributed by atoms with Crippen molar-refractivity contribution >= 4 is 38.5 Å². The number of rotatable bonds is 2. The maximum Gasteiger partial charge on any atom is 0.123 e. The van der Waals surface area contributed by atoms with Gasteiger partial charge in [-0.2, -0.15) is 0 Å². The quantitative estimate of drug-likeness (QED) is 0.475. The van der Waals surface area contributed by atoms with Crippen LogP contribution < -0.4 is 0 Å². The van der Waals surface area contributed by atoms with Crippen LogP contribution in [-0.4, -0.2) is 0 Å². The van der Waals surface area contributed by atoms with Gasteiger partial charge in [0, 0.05) is 3.57 Å². The highest BCUT2D eigenvalue weighted by Gasteiger charge is 2.14. The fourth-order valence-corrected chi connectivity index (χ4v) is 3.46. The summed E-state index contributed by atoms with van der Waals surface area (Å²) in [5.41, 5.74) is 3.54. The van der Waals surface area contributed by atoms with E-state index >= 15 is 0 Å². The minimum atomic E-state index is -0.201. The third-order valence-electron chi connectivity index (χ3n) is 2.66. The second-order valence-corrected chi connectivity index (χ2v) is 5.89. The van der Waals surface area contributed by atoms with E-state index in [2.05, 4.69) is 57.6 Å². The van der Waals surface area contributed by atoms with E-state index in [1.807, 2.05) is 18.2 Å². The number of aryl methyl sites for hydroxylation is 1. The van der Waals surface area contributed by atoms with E-state index in [0.717, 1.165) is 5.56 Å². The van der Waals surface area contributed by atoms with Gasteiger partial charge in [-0.05, 0) is 58.3 Å². The summed E-state index contributed by atoms with van der Waals surface area (Å²) in [4.78, 5) is 0.106. The van der Waals surface area contributed by atoms with Crippen molar-refractivity contribution < 1.29 is 4.39 Å². The lowest BCUT2D eigenvalue weighted by Gasteiger charge is -2.14. The van der Waals surface area contributed by atoms with E-state index in [0.29, 0.717) is 0 Å². The third-order valence-corrected chi connectivity index (χ3v) is 5.15. The minimum Gasteiger partial charge on any atom is -0.207 e. The van der Waals surface area contributed by atoms with E-state index in [-0.39, 0.29) is 10.6 Å². The Morgan fingerprint density at radius 1 is 1.12 bits per heavy atom. The van der Waals surface area contributed by atoms with Crippen molar-refractivity contribution in [1.82, 2.24) is 0 Å². The molecule has 2 aromatic rings. The Balaban J connectivity index is 2.40. The smallest absolute Gasteiger partial charge is 0.123 e. The Kier molecular flexibility index (Phi) is 4.20. The van der Waals surface area contributed by atoms with E-state index in [9.17, 15) is 4.39 Å². The van der Waals surface area contributed by atoms with Gasteiger partial charge in [-0.1, -0.05) is 46.3 Å².